The molecule has 0 unspecified atom stereocenters. The fourth-order valence-electron chi connectivity index (χ4n) is 4.76. The average Bonchev–Trinajstić information content (AvgIpc) is 3.47. The number of carbonyl (C=O) groups excluding carboxylic acids is 2. The van der Waals surface area contributed by atoms with Gasteiger partial charge in [-0.3, -0.25) is 14.9 Å². The van der Waals surface area contributed by atoms with Crippen LogP contribution in [0.5, 0.6) is 17.2 Å². The number of carbonyl (C=O) groups is 2. The highest BCUT2D eigenvalue weighted by Crippen LogP contribution is 2.50. The minimum Gasteiger partial charge on any atom is -0.493 e. The highest BCUT2D eigenvalue weighted by Gasteiger charge is 2.46. The zero-order chi connectivity index (χ0) is 23.2. The van der Waals surface area contributed by atoms with E-state index in [2.05, 4.69) is 31.2 Å². The third-order valence-electron chi connectivity index (χ3n) is 6.20. The quantitative estimate of drug-likeness (QED) is 0.427. The third kappa shape index (κ3) is 4.29. The molecular formula is C23H22BrN3O5S. The normalized spacial score (nSPS) is 21.2. The molecule has 3 aromatic rings. The van der Waals surface area contributed by atoms with Gasteiger partial charge in [-0.2, -0.15) is 0 Å². The van der Waals surface area contributed by atoms with Gasteiger partial charge in [0.05, 0.1) is 17.3 Å². The number of nitrogens with one attached hydrogen (secondary N) is 1. The van der Waals surface area contributed by atoms with Gasteiger partial charge in [-0.25, -0.2) is 9.97 Å². The van der Waals surface area contributed by atoms with Crippen LogP contribution in [0.15, 0.2) is 28.9 Å². The Morgan fingerprint density at radius 2 is 2.06 bits per heavy atom. The molecule has 0 spiro atoms. The van der Waals surface area contributed by atoms with Gasteiger partial charge in [0.25, 0.3) is 5.91 Å². The number of nitrogens with zero attached hydrogens (tertiary/aromatic N) is 2. The SMILES string of the molecule is COc1ccnc(C(=O)Nc2nc3c(Br)cc(OC45CCC(CC4)C5)cc3s2)c1OC(C)=O. The largest absolute Gasteiger partial charge is 0.493 e. The van der Waals surface area contributed by atoms with Gasteiger partial charge in [0, 0.05) is 23.7 Å². The van der Waals surface area contributed by atoms with Gasteiger partial charge in [-0.15, -0.1) is 0 Å². The van der Waals surface area contributed by atoms with Crippen LogP contribution >= 0.6 is 27.3 Å². The molecule has 2 aliphatic rings. The third-order valence-corrected chi connectivity index (χ3v) is 7.73. The lowest BCUT2D eigenvalue weighted by atomic mass is 9.97. The predicted molar refractivity (Wildman–Crippen MR) is 127 cm³/mol. The van der Waals surface area contributed by atoms with E-state index in [9.17, 15) is 9.59 Å². The van der Waals surface area contributed by atoms with E-state index in [0.717, 1.165) is 45.6 Å². The van der Waals surface area contributed by atoms with Crippen LogP contribution in [-0.4, -0.2) is 34.6 Å². The number of rotatable bonds is 6. The predicted octanol–water partition coefficient (Wildman–Crippen LogP) is 5.35. The summed E-state index contributed by atoms with van der Waals surface area (Å²) < 4.78 is 18.5. The summed E-state index contributed by atoms with van der Waals surface area (Å²) >= 11 is 4.93. The van der Waals surface area contributed by atoms with Crippen LogP contribution in [0.2, 0.25) is 0 Å². The molecule has 5 rings (SSSR count). The Labute approximate surface area is 202 Å². The Hall–Kier alpha value is -2.72. The van der Waals surface area contributed by atoms with Crippen LogP contribution in [0.3, 0.4) is 0 Å². The number of hydrogen-bond donors (Lipinski definition) is 1. The number of methoxy groups -OCH3 is 1. The van der Waals surface area contributed by atoms with Gasteiger partial charge in [0.2, 0.25) is 5.75 Å². The lowest BCUT2D eigenvalue weighted by Crippen LogP contribution is -2.30. The van der Waals surface area contributed by atoms with Gasteiger partial charge in [-0.1, -0.05) is 11.3 Å². The Morgan fingerprint density at radius 1 is 1.27 bits per heavy atom. The number of ether oxygens (including phenoxy) is 3. The molecule has 0 saturated heterocycles. The van der Waals surface area contributed by atoms with Crippen molar-refractivity contribution in [3.05, 3.63) is 34.6 Å². The first-order chi connectivity index (χ1) is 15.9. The summed E-state index contributed by atoms with van der Waals surface area (Å²) in [6.07, 6.45) is 7.24. The number of halogens is 1. The second-order valence-electron chi connectivity index (χ2n) is 8.44. The van der Waals surface area contributed by atoms with Crippen molar-refractivity contribution in [2.45, 2.75) is 44.6 Å². The summed E-state index contributed by atoms with van der Waals surface area (Å²) in [7, 11) is 1.42. The molecule has 2 aliphatic carbocycles. The van der Waals surface area contributed by atoms with Gasteiger partial charge in [0.15, 0.2) is 16.6 Å². The number of anilines is 1. The number of pyridine rings is 1. The fourth-order valence-corrected chi connectivity index (χ4v) is 6.34. The van der Waals surface area contributed by atoms with Crippen LogP contribution in [0.4, 0.5) is 5.13 Å². The maximum atomic E-state index is 12.9. The standard InChI is InChI=1S/C23H22BrN3O5S/c1-12(28)31-20-16(30-2)5-8-25-19(20)21(29)27-22-26-18-15(24)9-14(10-17(18)33-22)32-23-6-3-13(11-23)4-7-23/h5,8-10,13H,3-4,6-7,11H2,1-2H3,(H,26,27,29). The van der Waals surface area contributed by atoms with Crippen molar-refractivity contribution >= 4 is 54.5 Å². The second kappa shape index (κ2) is 8.57. The average molecular weight is 532 g/mol. The van der Waals surface area contributed by atoms with E-state index in [4.69, 9.17) is 14.2 Å². The number of fused-ring (bicyclic) bond motifs is 3. The van der Waals surface area contributed by atoms with Crippen molar-refractivity contribution in [2.24, 2.45) is 5.92 Å². The van der Waals surface area contributed by atoms with E-state index in [1.165, 1.54) is 50.5 Å². The van der Waals surface area contributed by atoms with Crippen molar-refractivity contribution < 1.29 is 23.8 Å². The van der Waals surface area contributed by atoms with Crippen LogP contribution < -0.4 is 19.5 Å². The summed E-state index contributed by atoms with van der Waals surface area (Å²) in [4.78, 5) is 33.1. The Bertz CT molecular complexity index is 1250. The van der Waals surface area contributed by atoms with E-state index >= 15 is 0 Å². The van der Waals surface area contributed by atoms with Crippen molar-refractivity contribution in [1.82, 2.24) is 9.97 Å². The Balaban J connectivity index is 1.40. The summed E-state index contributed by atoms with van der Waals surface area (Å²) in [5, 5.41) is 3.15. The number of benzene rings is 1. The van der Waals surface area contributed by atoms with Gasteiger partial charge in [0.1, 0.15) is 11.4 Å². The van der Waals surface area contributed by atoms with Crippen LogP contribution in [0, 0.1) is 5.92 Å². The summed E-state index contributed by atoms with van der Waals surface area (Å²) in [5.74, 6) is 0.670. The maximum Gasteiger partial charge on any atom is 0.308 e. The van der Waals surface area contributed by atoms with Crippen molar-refractivity contribution in [1.29, 1.82) is 0 Å². The molecular weight excluding hydrogens is 510 g/mol. The lowest BCUT2D eigenvalue weighted by Gasteiger charge is -2.28. The summed E-state index contributed by atoms with van der Waals surface area (Å²) in [5.41, 5.74) is 0.627. The van der Waals surface area contributed by atoms with E-state index in [1.807, 2.05) is 12.1 Å². The number of amides is 1. The maximum absolute atomic E-state index is 12.9. The lowest BCUT2D eigenvalue weighted by molar-refractivity contribution is -0.132. The van der Waals surface area contributed by atoms with E-state index in [1.54, 1.807) is 0 Å². The molecule has 2 aromatic heterocycles. The van der Waals surface area contributed by atoms with Crippen molar-refractivity contribution in [3.8, 4) is 17.2 Å². The second-order valence-corrected chi connectivity index (χ2v) is 10.3. The van der Waals surface area contributed by atoms with Crippen molar-refractivity contribution in [3.63, 3.8) is 0 Å². The molecule has 2 heterocycles. The molecule has 0 radical (unpaired) electrons. The molecule has 2 bridgehead atoms. The van der Waals surface area contributed by atoms with Crippen LogP contribution in [-0.2, 0) is 4.79 Å². The van der Waals surface area contributed by atoms with Gasteiger partial charge < -0.3 is 14.2 Å². The number of esters is 1. The van der Waals surface area contributed by atoms with Crippen LogP contribution in [0.1, 0.15) is 49.5 Å². The molecule has 0 aliphatic heterocycles. The zero-order valence-corrected chi connectivity index (χ0v) is 20.5. The molecule has 1 amide bonds. The molecule has 2 fully saturated rings. The number of aromatic nitrogens is 2. The summed E-state index contributed by atoms with van der Waals surface area (Å²) in [6.45, 7) is 1.25. The minimum atomic E-state index is -0.581. The first-order valence-corrected chi connectivity index (χ1v) is 12.3. The smallest absolute Gasteiger partial charge is 0.308 e. The van der Waals surface area contributed by atoms with Gasteiger partial charge >= 0.3 is 5.97 Å². The van der Waals surface area contributed by atoms with Crippen molar-refractivity contribution in [2.75, 3.05) is 12.4 Å². The molecule has 8 nitrogen and oxygen atoms in total. The molecule has 10 heteroatoms. The Morgan fingerprint density at radius 3 is 2.73 bits per heavy atom. The van der Waals surface area contributed by atoms with Crippen LogP contribution in [0.25, 0.3) is 10.2 Å². The van der Waals surface area contributed by atoms with Gasteiger partial charge in [-0.05, 0) is 66.1 Å². The molecule has 1 N–H and O–H groups in total. The molecule has 2 saturated carbocycles. The Kier molecular flexibility index (Phi) is 5.74. The van der Waals surface area contributed by atoms with E-state index < -0.39 is 11.9 Å². The molecule has 1 aromatic carbocycles. The highest BCUT2D eigenvalue weighted by molar-refractivity contribution is 9.10. The highest BCUT2D eigenvalue weighted by atomic mass is 79.9. The van der Waals surface area contributed by atoms with E-state index in [0.29, 0.717) is 5.13 Å². The number of hydrogen-bond acceptors (Lipinski definition) is 8. The topological polar surface area (TPSA) is 99.6 Å². The molecule has 0 atom stereocenters. The number of thiazole rings is 1. The van der Waals surface area contributed by atoms with E-state index in [-0.39, 0.29) is 22.8 Å². The summed E-state index contributed by atoms with van der Waals surface area (Å²) in [6, 6.07) is 5.43. The monoisotopic (exact) mass is 531 g/mol. The first-order valence-electron chi connectivity index (χ1n) is 10.7. The molecule has 172 valence electrons. The minimum absolute atomic E-state index is 0.0336. The molecule has 33 heavy (non-hydrogen) atoms. The first kappa shape index (κ1) is 22.1. The zero-order valence-electron chi connectivity index (χ0n) is 18.1. The fraction of sp³-hybridized carbons (Fsp3) is 0.391.